The van der Waals surface area contributed by atoms with Crippen LogP contribution in [0.25, 0.3) is 27.7 Å². The van der Waals surface area contributed by atoms with Gasteiger partial charge in [0.15, 0.2) is 0 Å². The van der Waals surface area contributed by atoms with Gasteiger partial charge in [0, 0.05) is 54.7 Å². The zero-order chi connectivity index (χ0) is 24.9. The topological polar surface area (TPSA) is 71.8 Å². The zero-order valence-electron chi connectivity index (χ0n) is 21.1. The molecular formula is C29H34N2O4. The second kappa shape index (κ2) is 10.8. The van der Waals surface area contributed by atoms with Crippen LogP contribution in [0.5, 0.6) is 5.75 Å². The molecule has 184 valence electrons. The fourth-order valence-electron chi connectivity index (χ4n) is 4.71. The summed E-state index contributed by atoms with van der Waals surface area (Å²) in [5.41, 5.74) is 6.98. The summed E-state index contributed by atoms with van der Waals surface area (Å²) >= 11 is 0. The van der Waals surface area contributed by atoms with E-state index in [0.717, 1.165) is 52.6 Å². The van der Waals surface area contributed by atoms with Crippen molar-refractivity contribution in [1.29, 1.82) is 0 Å². The van der Waals surface area contributed by atoms with E-state index in [1.807, 2.05) is 24.8 Å². The van der Waals surface area contributed by atoms with Crippen molar-refractivity contribution in [3.8, 4) is 16.9 Å². The number of rotatable bonds is 9. The Labute approximate surface area is 206 Å². The lowest BCUT2D eigenvalue weighted by Crippen LogP contribution is -2.30. The minimum absolute atomic E-state index is 0.153. The van der Waals surface area contributed by atoms with Crippen LogP contribution in [-0.4, -0.2) is 43.0 Å². The van der Waals surface area contributed by atoms with Crippen molar-refractivity contribution in [2.24, 2.45) is 0 Å². The molecule has 0 bridgehead atoms. The van der Waals surface area contributed by atoms with E-state index in [1.165, 1.54) is 11.1 Å². The van der Waals surface area contributed by atoms with Crippen LogP contribution < -0.4 is 10.1 Å². The third-order valence-electron chi connectivity index (χ3n) is 6.50. The van der Waals surface area contributed by atoms with Crippen molar-refractivity contribution in [2.45, 2.75) is 47.0 Å². The number of nitrogens with one attached hydrogen (secondary N) is 1. The zero-order valence-corrected chi connectivity index (χ0v) is 21.1. The largest absolute Gasteiger partial charge is 0.493 e. The Bertz CT molecular complexity index is 1270. The Hall–Kier alpha value is -3.54. The molecule has 2 aromatic carbocycles. The number of nitrogens with zero attached hydrogens (tertiary/aromatic N) is 1. The Morgan fingerprint density at radius 3 is 2.74 bits per heavy atom. The number of ether oxygens (including phenoxy) is 1. The maximum absolute atomic E-state index is 12.6. The minimum atomic E-state index is -0.153. The molecule has 1 fully saturated rings. The Morgan fingerprint density at radius 2 is 2.03 bits per heavy atom. The molecule has 35 heavy (non-hydrogen) atoms. The predicted octanol–water partition coefficient (Wildman–Crippen LogP) is 5.65. The van der Waals surface area contributed by atoms with E-state index in [2.05, 4.69) is 43.4 Å². The molecule has 6 nitrogen and oxygen atoms in total. The molecule has 1 aromatic heterocycles. The summed E-state index contributed by atoms with van der Waals surface area (Å²) in [6.45, 7) is 10.6. The molecule has 6 heteroatoms. The van der Waals surface area contributed by atoms with Gasteiger partial charge < -0.3 is 19.4 Å². The van der Waals surface area contributed by atoms with Crippen molar-refractivity contribution in [1.82, 2.24) is 10.2 Å². The summed E-state index contributed by atoms with van der Waals surface area (Å²) in [7, 11) is 0. The van der Waals surface area contributed by atoms with Crippen LogP contribution in [0.3, 0.4) is 0 Å². The second-order valence-electron chi connectivity index (χ2n) is 9.20. The Balaban J connectivity index is 1.55. The molecular weight excluding hydrogens is 440 g/mol. The normalized spacial score (nSPS) is 14.1. The fourth-order valence-corrected chi connectivity index (χ4v) is 4.71. The van der Waals surface area contributed by atoms with E-state index in [1.54, 1.807) is 12.3 Å². The summed E-state index contributed by atoms with van der Waals surface area (Å²) in [5.74, 6) is 0.751. The first-order chi connectivity index (χ1) is 16.9. The molecule has 0 aliphatic carbocycles. The number of furan rings is 1. The van der Waals surface area contributed by atoms with E-state index < -0.39 is 0 Å². The highest BCUT2D eigenvalue weighted by Gasteiger charge is 2.19. The van der Waals surface area contributed by atoms with Gasteiger partial charge in [-0.3, -0.25) is 9.59 Å². The summed E-state index contributed by atoms with van der Waals surface area (Å²) < 4.78 is 11.8. The van der Waals surface area contributed by atoms with Crippen LogP contribution in [0, 0.1) is 13.8 Å². The third-order valence-corrected chi connectivity index (χ3v) is 6.50. The summed E-state index contributed by atoms with van der Waals surface area (Å²) in [6, 6.07) is 10.3. The van der Waals surface area contributed by atoms with Crippen LogP contribution in [0.15, 0.2) is 47.1 Å². The minimum Gasteiger partial charge on any atom is -0.493 e. The van der Waals surface area contributed by atoms with Crippen LogP contribution in [0.1, 0.15) is 49.8 Å². The van der Waals surface area contributed by atoms with Crippen LogP contribution in [0.4, 0.5) is 0 Å². The number of benzene rings is 2. The van der Waals surface area contributed by atoms with Crippen molar-refractivity contribution in [2.75, 3.05) is 26.2 Å². The lowest BCUT2D eigenvalue weighted by atomic mass is 9.96. The standard InChI is InChI=1S/C29H34N2O4/c1-5-34-26-17-27-24(25(18-35-27)22-10-9-19(2)14-20(22)3)16-23(26)21(4)15-28(32)30-11-7-13-31-12-6-8-29(31)33/h9-10,14-18H,5-8,11-13H2,1-4H3,(H,30,32)/b21-15+. The van der Waals surface area contributed by atoms with Crippen LogP contribution in [0.2, 0.25) is 0 Å². The van der Waals surface area contributed by atoms with Gasteiger partial charge in [0.1, 0.15) is 11.3 Å². The highest BCUT2D eigenvalue weighted by molar-refractivity contribution is 6.00. The molecule has 4 rings (SSSR count). The molecule has 1 aliphatic heterocycles. The number of amides is 2. The highest BCUT2D eigenvalue weighted by atomic mass is 16.5. The number of carbonyl (C=O) groups is 2. The van der Waals surface area contributed by atoms with Crippen LogP contribution in [-0.2, 0) is 9.59 Å². The number of hydrogen-bond acceptors (Lipinski definition) is 4. The maximum Gasteiger partial charge on any atom is 0.244 e. The van der Waals surface area contributed by atoms with Gasteiger partial charge in [-0.15, -0.1) is 0 Å². The molecule has 2 heterocycles. The number of fused-ring (bicyclic) bond motifs is 1. The first-order valence-electron chi connectivity index (χ1n) is 12.4. The maximum atomic E-state index is 12.6. The van der Waals surface area contributed by atoms with Crippen molar-refractivity contribution < 1.29 is 18.7 Å². The van der Waals surface area contributed by atoms with E-state index >= 15 is 0 Å². The van der Waals surface area contributed by atoms with Crippen LogP contribution >= 0.6 is 0 Å². The van der Waals surface area contributed by atoms with Gasteiger partial charge in [0.25, 0.3) is 0 Å². The van der Waals surface area contributed by atoms with E-state index in [-0.39, 0.29) is 11.8 Å². The molecule has 3 aromatic rings. The molecule has 0 atom stereocenters. The second-order valence-corrected chi connectivity index (χ2v) is 9.20. The Kier molecular flexibility index (Phi) is 7.59. The SMILES string of the molecule is CCOc1cc2occ(-c3ccc(C)cc3C)c2cc1/C(C)=C/C(=O)NCCCN1CCCC1=O. The number of allylic oxidation sites excluding steroid dienone is 1. The number of hydrogen-bond donors (Lipinski definition) is 1. The molecule has 1 N–H and O–H groups in total. The number of carbonyl (C=O) groups excluding carboxylic acids is 2. The lowest BCUT2D eigenvalue weighted by Gasteiger charge is -2.15. The monoisotopic (exact) mass is 474 g/mol. The number of aryl methyl sites for hydroxylation is 2. The number of likely N-dealkylation sites (tertiary alicyclic amines) is 1. The molecule has 0 unspecified atom stereocenters. The van der Waals surface area contributed by atoms with Crippen molar-refractivity contribution in [3.63, 3.8) is 0 Å². The first-order valence-corrected chi connectivity index (χ1v) is 12.4. The van der Waals surface area contributed by atoms with E-state index in [9.17, 15) is 9.59 Å². The van der Waals surface area contributed by atoms with Gasteiger partial charge >= 0.3 is 0 Å². The molecule has 2 amide bonds. The third kappa shape index (κ3) is 5.59. The van der Waals surface area contributed by atoms with Crippen molar-refractivity contribution in [3.05, 3.63) is 59.4 Å². The van der Waals surface area contributed by atoms with Gasteiger partial charge in [-0.25, -0.2) is 0 Å². The molecule has 1 aliphatic rings. The fraction of sp³-hybridized carbons (Fsp3) is 0.379. The summed E-state index contributed by atoms with van der Waals surface area (Å²) in [6.07, 6.45) is 5.72. The summed E-state index contributed by atoms with van der Waals surface area (Å²) in [5, 5.41) is 3.93. The summed E-state index contributed by atoms with van der Waals surface area (Å²) in [4.78, 5) is 26.2. The molecule has 0 radical (unpaired) electrons. The van der Waals surface area contributed by atoms with Gasteiger partial charge in [-0.1, -0.05) is 23.8 Å². The average Bonchev–Trinajstić information content (AvgIpc) is 3.42. The van der Waals surface area contributed by atoms with Gasteiger partial charge in [-0.2, -0.15) is 0 Å². The van der Waals surface area contributed by atoms with E-state index in [0.29, 0.717) is 31.9 Å². The first kappa shape index (κ1) is 24.6. The Morgan fingerprint density at radius 1 is 1.20 bits per heavy atom. The van der Waals surface area contributed by atoms with Gasteiger partial charge in [0.05, 0.1) is 12.9 Å². The highest BCUT2D eigenvalue weighted by Crippen LogP contribution is 2.38. The van der Waals surface area contributed by atoms with Crippen molar-refractivity contribution >= 4 is 28.4 Å². The average molecular weight is 475 g/mol. The molecule has 0 spiro atoms. The van der Waals surface area contributed by atoms with Gasteiger partial charge in [0.2, 0.25) is 11.8 Å². The smallest absolute Gasteiger partial charge is 0.244 e. The predicted molar refractivity (Wildman–Crippen MR) is 139 cm³/mol. The lowest BCUT2D eigenvalue weighted by molar-refractivity contribution is -0.127. The van der Waals surface area contributed by atoms with E-state index in [4.69, 9.17) is 9.15 Å². The molecule has 0 saturated carbocycles. The molecule has 1 saturated heterocycles. The quantitative estimate of drug-likeness (QED) is 0.321. The van der Waals surface area contributed by atoms with Gasteiger partial charge in [-0.05, 0) is 63.3 Å².